The van der Waals surface area contributed by atoms with Crippen LogP contribution in [0, 0.1) is 0 Å². The molecule has 3 rings (SSSR count). The normalized spacial score (nSPS) is 20.5. The van der Waals surface area contributed by atoms with Crippen LogP contribution in [0.2, 0.25) is 0 Å². The molecule has 0 aliphatic carbocycles. The Labute approximate surface area is 127 Å². The summed E-state index contributed by atoms with van der Waals surface area (Å²) in [5.41, 5.74) is 2.52. The maximum absolute atomic E-state index is 4.37. The van der Waals surface area contributed by atoms with Crippen molar-refractivity contribution in [2.75, 3.05) is 13.1 Å². The van der Waals surface area contributed by atoms with Gasteiger partial charge in [-0.15, -0.1) is 0 Å². The molecule has 1 aliphatic heterocycles. The van der Waals surface area contributed by atoms with Gasteiger partial charge in [0.2, 0.25) is 0 Å². The van der Waals surface area contributed by atoms with Crippen molar-refractivity contribution in [3.05, 3.63) is 66.0 Å². The van der Waals surface area contributed by atoms with Crippen molar-refractivity contribution < 1.29 is 0 Å². The molecule has 1 fully saturated rings. The van der Waals surface area contributed by atoms with E-state index in [4.69, 9.17) is 0 Å². The maximum Gasteiger partial charge on any atom is 0.0541 e. The summed E-state index contributed by atoms with van der Waals surface area (Å²) < 4.78 is 0. The zero-order chi connectivity index (χ0) is 14.5. The summed E-state index contributed by atoms with van der Waals surface area (Å²) in [7, 11) is 0. The van der Waals surface area contributed by atoms with Crippen molar-refractivity contribution in [3.63, 3.8) is 0 Å². The summed E-state index contributed by atoms with van der Waals surface area (Å²) in [6, 6.07) is 17.9. The summed E-state index contributed by atoms with van der Waals surface area (Å²) in [6.45, 7) is 5.44. The van der Waals surface area contributed by atoms with Crippen LogP contribution in [-0.2, 0) is 6.54 Å². The molecular formula is C18H23N3. The predicted molar refractivity (Wildman–Crippen MR) is 85.9 cm³/mol. The van der Waals surface area contributed by atoms with Crippen LogP contribution in [0.5, 0.6) is 0 Å². The second-order valence-electron chi connectivity index (χ2n) is 5.77. The van der Waals surface area contributed by atoms with Crippen LogP contribution in [0.4, 0.5) is 0 Å². The van der Waals surface area contributed by atoms with E-state index in [1.807, 2.05) is 18.3 Å². The Morgan fingerprint density at radius 2 is 2.00 bits per heavy atom. The standard InChI is InChI=1S/C18H23N3/c1-15(16-7-3-2-4-8-16)21-12-10-18(14-21)20-13-17-9-5-6-11-19-17/h2-9,11,15,18,20H,10,12-14H2,1H3/t15-,18-/m0/s1. The maximum atomic E-state index is 4.37. The van der Waals surface area contributed by atoms with Gasteiger partial charge in [-0.3, -0.25) is 9.88 Å². The van der Waals surface area contributed by atoms with E-state index in [1.165, 1.54) is 12.0 Å². The Hall–Kier alpha value is -1.71. The molecule has 110 valence electrons. The number of nitrogens with zero attached hydrogens (tertiary/aromatic N) is 2. The van der Waals surface area contributed by atoms with Crippen LogP contribution in [0.1, 0.15) is 30.6 Å². The molecule has 1 saturated heterocycles. The minimum Gasteiger partial charge on any atom is -0.307 e. The van der Waals surface area contributed by atoms with Gasteiger partial charge in [0.15, 0.2) is 0 Å². The molecule has 0 amide bonds. The van der Waals surface area contributed by atoms with Gasteiger partial charge in [-0.05, 0) is 31.0 Å². The topological polar surface area (TPSA) is 28.2 Å². The number of hydrogen-bond donors (Lipinski definition) is 1. The number of rotatable bonds is 5. The minimum atomic E-state index is 0.493. The third kappa shape index (κ3) is 3.69. The van der Waals surface area contributed by atoms with Crippen LogP contribution >= 0.6 is 0 Å². The van der Waals surface area contributed by atoms with E-state index in [-0.39, 0.29) is 0 Å². The Kier molecular flexibility index (Phi) is 4.63. The van der Waals surface area contributed by atoms with E-state index >= 15 is 0 Å². The molecule has 2 heterocycles. The lowest BCUT2D eigenvalue weighted by Crippen LogP contribution is -2.33. The number of hydrogen-bond acceptors (Lipinski definition) is 3. The Bertz CT molecular complexity index is 541. The van der Waals surface area contributed by atoms with E-state index in [2.05, 4.69) is 58.5 Å². The second kappa shape index (κ2) is 6.83. The van der Waals surface area contributed by atoms with Gasteiger partial charge in [-0.25, -0.2) is 0 Å². The van der Waals surface area contributed by atoms with E-state index < -0.39 is 0 Å². The number of nitrogens with one attached hydrogen (secondary N) is 1. The fraction of sp³-hybridized carbons (Fsp3) is 0.389. The molecule has 1 aliphatic rings. The highest BCUT2D eigenvalue weighted by molar-refractivity contribution is 5.18. The zero-order valence-electron chi connectivity index (χ0n) is 12.6. The molecule has 2 aromatic rings. The summed E-state index contributed by atoms with van der Waals surface area (Å²) in [6.07, 6.45) is 3.07. The number of pyridine rings is 1. The molecule has 3 nitrogen and oxygen atoms in total. The quantitative estimate of drug-likeness (QED) is 0.913. The summed E-state index contributed by atoms with van der Waals surface area (Å²) in [4.78, 5) is 6.93. The molecule has 1 aromatic carbocycles. The van der Waals surface area contributed by atoms with Crippen molar-refractivity contribution in [2.24, 2.45) is 0 Å². The van der Waals surface area contributed by atoms with E-state index in [9.17, 15) is 0 Å². The van der Waals surface area contributed by atoms with E-state index in [0.29, 0.717) is 12.1 Å². The fourth-order valence-electron chi connectivity index (χ4n) is 3.00. The average molecular weight is 281 g/mol. The first-order valence-electron chi connectivity index (χ1n) is 7.75. The first-order valence-corrected chi connectivity index (χ1v) is 7.75. The van der Waals surface area contributed by atoms with Gasteiger partial charge in [0, 0.05) is 37.9 Å². The van der Waals surface area contributed by atoms with Gasteiger partial charge < -0.3 is 5.32 Å². The van der Waals surface area contributed by atoms with Crippen LogP contribution in [0.3, 0.4) is 0 Å². The molecular weight excluding hydrogens is 258 g/mol. The summed E-state index contributed by atoms with van der Waals surface area (Å²) in [5.74, 6) is 0. The summed E-state index contributed by atoms with van der Waals surface area (Å²) >= 11 is 0. The molecule has 0 unspecified atom stereocenters. The second-order valence-corrected chi connectivity index (χ2v) is 5.77. The number of aromatic nitrogens is 1. The smallest absolute Gasteiger partial charge is 0.0541 e. The highest BCUT2D eigenvalue weighted by Gasteiger charge is 2.26. The number of likely N-dealkylation sites (tertiary alicyclic amines) is 1. The van der Waals surface area contributed by atoms with Gasteiger partial charge >= 0.3 is 0 Å². The molecule has 21 heavy (non-hydrogen) atoms. The molecule has 1 aromatic heterocycles. The van der Waals surface area contributed by atoms with Gasteiger partial charge in [0.05, 0.1) is 5.69 Å². The van der Waals surface area contributed by atoms with Crippen molar-refractivity contribution in [1.82, 2.24) is 15.2 Å². The Balaban J connectivity index is 1.51. The van der Waals surface area contributed by atoms with Crippen LogP contribution in [0.15, 0.2) is 54.7 Å². The summed E-state index contributed by atoms with van der Waals surface area (Å²) in [5, 5.41) is 3.63. The monoisotopic (exact) mass is 281 g/mol. The Morgan fingerprint density at radius 1 is 1.19 bits per heavy atom. The van der Waals surface area contributed by atoms with Crippen LogP contribution in [-0.4, -0.2) is 29.0 Å². The van der Waals surface area contributed by atoms with Crippen molar-refractivity contribution in [1.29, 1.82) is 0 Å². The van der Waals surface area contributed by atoms with Crippen molar-refractivity contribution in [3.8, 4) is 0 Å². The van der Waals surface area contributed by atoms with Crippen LogP contribution in [0.25, 0.3) is 0 Å². The molecule has 1 N–H and O–H groups in total. The first kappa shape index (κ1) is 14.2. The third-order valence-corrected chi connectivity index (χ3v) is 4.35. The van der Waals surface area contributed by atoms with E-state index in [0.717, 1.165) is 25.3 Å². The van der Waals surface area contributed by atoms with Crippen molar-refractivity contribution >= 4 is 0 Å². The highest BCUT2D eigenvalue weighted by atomic mass is 15.2. The largest absolute Gasteiger partial charge is 0.307 e. The van der Waals surface area contributed by atoms with Gasteiger partial charge in [-0.1, -0.05) is 36.4 Å². The molecule has 0 spiro atoms. The molecule has 0 bridgehead atoms. The third-order valence-electron chi connectivity index (χ3n) is 4.35. The lowest BCUT2D eigenvalue weighted by atomic mass is 10.1. The van der Waals surface area contributed by atoms with E-state index in [1.54, 1.807) is 0 Å². The minimum absolute atomic E-state index is 0.493. The molecule has 2 atom stereocenters. The lowest BCUT2D eigenvalue weighted by Gasteiger charge is -2.24. The SMILES string of the molecule is C[C@@H](c1ccccc1)N1CC[C@H](NCc2ccccn2)C1. The Morgan fingerprint density at radius 3 is 2.76 bits per heavy atom. The number of benzene rings is 1. The predicted octanol–water partition coefficient (Wildman–Crippen LogP) is 3.01. The van der Waals surface area contributed by atoms with Gasteiger partial charge in [0.25, 0.3) is 0 Å². The first-order chi connectivity index (χ1) is 10.3. The average Bonchev–Trinajstić information content (AvgIpc) is 3.03. The van der Waals surface area contributed by atoms with Crippen molar-refractivity contribution in [2.45, 2.75) is 32.0 Å². The zero-order valence-corrected chi connectivity index (χ0v) is 12.6. The molecule has 0 radical (unpaired) electrons. The van der Waals surface area contributed by atoms with Crippen LogP contribution < -0.4 is 5.32 Å². The molecule has 3 heteroatoms. The fourth-order valence-corrected chi connectivity index (χ4v) is 3.00. The lowest BCUT2D eigenvalue weighted by molar-refractivity contribution is 0.255. The van der Waals surface area contributed by atoms with Gasteiger partial charge in [0.1, 0.15) is 0 Å². The van der Waals surface area contributed by atoms with Gasteiger partial charge in [-0.2, -0.15) is 0 Å². The molecule has 0 saturated carbocycles. The highest BCUT2D eigenvalue weighted by Crippen LogP contribution is 2.24.